The van der Waals surface area contributed by atoms with E-state index in [2.05, 4.69) is 5.32 Å². The smallest absolute Gasteiger partial charge is 0.293 e. The number of hydrogen-bond donors (Lipinski definition) is 2. The molecule has 0 bridgehead atoms. The van der Waals surface area contributed by atoms with Crippen molar-refractivity contribution in [1.29, 1.82) is 5.26 Å². The van der Waals surface area contributed by atoms with Crippen LogP contribution in [0.2, 0.25) is 0 Å². The van der Waals surface area contributed by atoms with Gasteiger partial charge in [-0.15, -0.1) is 0 Å². The lowest BCUT2D eigenvalue weighted by Crippen LogP contribution is -2.18. The first-order valence-electron chi connectivity index (χ1n) is 6.43. The topological polar surface area (TPSA) is 99.2 Å². The number of rotatable bonds is 5. The fourth-order valence-corrected chi connectivity index (χ4v) is 1.80. The van der Waals surface area contributed by atoms with E-state index in [0.717, 1.165) is 25.5 Å². The third-order valence-corrected chi connectivity index (χ3v) is 3.01. The molecule has 0 saturated carbocycles. The molecule has 0 fully saturated rings. The molecule has 0 aromatic heterocycles. The third kappa shape index (κ3) is 4.52. The van der Waals surface area contributed by atoms with Crippen molar-refractivity contribution in [2.24, 2.45) is 0 Å². The molecule has 1 aromatic carbocycles. The van der Waals surface area contributed by atoms with Gasteiger partial charge in [-0.25, -0.2) is 0 Å². The first-order chi connectivity index (χ1) is 9.53. The zero-order valence-corrected chi connectivity index (χ0v) is 12.3. The molecule has 1 aromatic rings. The van der Waals surface area contributed by atoms with Gasteiger partial charge in [-0.05, 0) is 31.4 Å². The molecule has 0 saturated heterocycles. The van der Waals surface area contributed by atoms with Crippen molar-refractivity contribution in [3.05, 3.63) is 33.4 Å². The van der Waals surface area contributed by atoms with Crippen molar-refractivity contribution in [3.8, 4) is 6.07 Å². The number of benzene rings is 1. The van der Waals surface area contributed by atoms with Crippen LogP contribution in [-0.4, -0.2) is 23.2 Å². The Hall–Kier alpha value is -2.13. The summed E-state index contributed by atoms with van der Waals surface area (Å²) in [6.45, 7) is 5.84. The van der Waals surface area contributed by atoms with E-state index in [-0.39, 0.29) is 11.7 Å². The van der Waals surface area contributed by atoms with E-state index < -0.39 is 4.92 Å². The van der Waals surface area contributed by atoms with Crippen LogP contribution < -0.4 is 5.32 Å². The number of nitrogens with one attached hydrogen (secondary N) is 1. The Morgan fingerprint density at radius 1 is 1.40 bits per heavy atom. The summed E-state index contributed by atoms with van der Waals surface area (Å²) < 4.78 is 0. The highest BCUT2D eigenvalue weighted by atomic mass is 16.6. The first kappa shape index (κ1) is 17.9. The molecule has 0 aliphatic rings. The van der Waals surface area contributed by atoms with Crippen LogP contribution in [0.1, 0.15) is 37.8 Å². The van der Waals surface area contributed by atoms with Gasteiger partial charge in [-0.2, -0.15) is 5.26 Å². The molecule has 6 heteroatoms. The molecule has 0 heterocycles. The second kappa shape index (κ2) is 8.88. The predicted molar refractivity (Wildman–Crippen MR) is 78.7 cm³/mol. The van der Waals surface area contributed by atoms with Crippen LogP contribution in [0, 0.1) is 28.4 Å². The van der Waals surface area contributed by atoms with Gasteiger partial charge in [0.25, 0.3) is 5.69 Å². The van der Waals surface area contributed by atoms with Gasteiger partial charge in [0.05, 0.1) is 16.6 Å². The lowest BCUT2D eigenvalue weighted by atomic mass is 10.1. The van der Waals surface area contributed by atoms with Crippen molar-refractivity contribution >= 4 is 11.4 Å². The fraction of sp³-hybridized carbons (Fsp3) is 0.500. The Labute approximate surface area is 119 Å². The summed E-state index contributed by atoms with van der Waals surface area (Å²) >= 11 is 0. The summed E-state index contributed by atoms with van der Waals surface area (Å²) in [6.07, 6.45) is 1.79. The monoisotopic (exact) mass is 279 g/mol. The van der Waals surface area contributed by atoms with E-state index in [1.165, 1.54) is 6.07 Å². The van der Waals surface area contributed by atoms with Crippen LogP contribution in [0.25, 0.3) is 0 Å². The van der Waals surface area contributed by atoms with Crippen molar-refractivity contribution in [1.82, 2.24) is 0 Å². The van der Waals surface area contributed by atoms with Crippen LogP contribution in [0.5, 0.6) is 0 Å². The van der Waals surface area contributed by atoms with Gasteiger partial charge < -0.3 is 10.4 Å². The molecule has 0 aliphatic heterocycles. The van der Waals surface area contributed by atoms with Crippen molar-refractivity contribution in [3.63, 3.8) is 0 Å². The van der Waals surface area contributed by atoms with E-state index in [1.54, 1.807) is 13.0 Å². The zero-order valence-electron chi connectivity index (χ0n) is 12.3. The second-order valence-corrected chi connectivity index (χ2v) is 4.21. The van der Waals surface area contributed by atoms with Crippen molar-refractivity contribution < 1.29 is 10.0 Å². The number of aliphatic hydroxyl groups is 1. The summed E-state index contributed by atoms with van der Waals surface area (Å²) in [4.78, 5) is 10.6. The van der Waals surface area contributed by atoms with Crippen LogP contribution in [0.15, 0.2) is 12.1 Å². The average Bonchev–Trinajstić information content (AvgIpc) is 2.46. The Balaban J connectivity index is 0.00000172. The molecule has 110 valence electrons. The van der Waals surface area contributed by atoms with Gasteiger partial charge in [-0.1, -0.05) is 13.8 Å². The number of anilines is 1. The molecule has 1 rings (SSSR count). The molecule has 0 amide bonds. The summed E-state index contributed by atoms with van der Waals surface area (Å²) in [7, 11) is 1.00. The average molecular weight is 279 g/mol. The lowest BCUT2D eigenvalue weighted by Gasteiger charge is -2.16. The number of nitriles is 1. The number of aliphatic hydroxyl groups excluding tert-OH is 1. The molecular formula is C14H21N3O3. The molecular weight excluding hydrogens is 258 g/mol. The molecule has 6 nitrogen and oxygen atoms in total. The Morgan fingerprint density at radius 2 is 1.95 bits per heavy atom. The normalized spacial score (nSPS) is 9.45. The maximum atomic E-state index is 11.0. The van der Waals surface area contributed by atoms with Crippen LogP contribution in [0.3, 0.4) is 0 Å². The molecule has 0 radical (unpaired) electrons. The maximum absolute atomic E-state index is 11.0. The van der Waals surface area contributed by atoms with Crippen molar-refractivity contribution in [2.75, 3.05) is 12.4 Å². The van der Waals surface area contributed by atoms with E-state index >= 15 is 0 Å². The minimum Gasteiger partial charge on any atom is -0.400 e. The van der Waals surface area contributed by atoms with Gasteiger partial charge in [0.1, 0.15) is 5.69 Å². The van der Waals surface area contributed by atoms with Gasteiger partial charge >= 0.3 is 0 Å². The largest absolute Gasteiger partial charge is 0.400 e. The number of nitrogens with zero attached hydrogens (tertiary/aromatic N) is 2. The predicted octanol–water partition coefficient (Wildman–Crippen LogP) is 2.98. The van der Waals surface area contributed by atoms with Crippen molar-refractivity contribution in [2.45, 2.75) is 39.7 Å². The van der Waals surface area contributed by atoms with Gasteiger partial charge in [0, 0.05) is 19.2 Å². The number of nitro groups is 1. The number of aryl methyl sites for hydroxylation is 1. The fourth-order valence-electron chi connectivity index (χ4n) is 1.80. The van der Waals surface area contributed by atoms with Gasteiger partial charge in [0.15, 0.2) is 0 Å². The second-order valence-electron chi connectivity index (χ2n) is 4.21. The molecule has 0 spiro atoms. The highest BCUT2D eigenvalue weighted by molar-refractivity contribution is 5.66. The van der Waals surface area contributed by atoms with Gasteiger partial charge in [-0.3, -0.25) is 10.1 Å². The minimum atomic E-state index is -0.453. The maximum Gasteiger partial charge on any atom is 0.293 e. The van der Waals surface area contributed by atoms with Crippen LogP contribution >= 0.6 is 0 Å². The quantitative estimate of drug-likeness (QED) is 0.637. The van der Waals surface area contributed by atoms with Crippen LogP contribution in [-0.2, 0) is 0 Å². The molecule has 20 heavy (non-hydrogen) atoms. The summed E-state index contributed by atoms with van der Waals surface area (Å²) in [5, 5.41) is 30.1. The SMILES string of the molecule is CCC(CC)Nc1cc(C)c(C#N)cc1[N+](=O)[O-].CO. The molecule has 2 N–H and O–H groups in total. The summed E-state index contributed by atoms with van der Waals surface area (Å²) in [6, 6.07) is 5.18. The Morgan fingerprint density at radius 3 is 2.35 bits per heavy atom. The standard InChI is InChI=1S/C13H17N3O2.CH4O/c1-4-11(5-2)15-12-6-9(3)10(8-14)7-13(12)16(17)18;1-2/h6-7,11,15H,4-5H2,1-3H3;2H,1H3. The number of nitro benzene ring substituents is 1. The Bertz CT molecular complexity index is 491. The molecule has 0 unspecified atom stereocenters. The minimum absolute atomic E-state index is 0.0379. The summed E-state index contributed by atoms with van der Waals surface area (Å²) in [5.41, 5.74) is 1.54. The number of hydrogen-bond acceptors (Lipinski definition) is 5. The van der Waals surface area contributed by atoms with Crippen LogP contribution in [0.4, 0.5) is 11.4 Å². The van der Waals surface area contributed by atoms with E-state index in [1.807, 2.05) is 19.9 Å². The third-order valence-electron chi connectivity index (χ3n) is 3.01. The molecule has 0 aliphatic carbocycles. The van der Waals surface area contributed by atoms with Gasteiger partial charge in [0.2, 0.25) is 0 Å². The highest BCUT2D eigenvalue weighted by Gasteiger charge is 2.18. The van der Waals surface area contributed by atoms with E-state index in [0.29, 0.717) is 11.3 Å². The first-order valence-corrected chi connectivity index (χ1v) is 6.43. The molecule has 0 atom stereocenters. The van der Waals surface area contributed by atoms with E-state index in [9.17, 15) is 10.1 Å². The lowest BCUT2D eigenvalue weighted by molar-refractivity contribution is -0.384. The highest BCUT2D eigenvalue weighted by Crippen LogP contribution is 2.29. The summed E-state index contributed by atoms with van der Waals surface area (Å²) in [5.74, 6) is 0. The zero-order chi connectivity index (χ0) is 15.7. The van der Waals surface area contributed by atoms with E-state index in [4.69, 9.17) is 10.4 Å². The Kier molecular flexibility index (Phi) is 7.94.